The zero-order valence-corrected chi connectivity index (χ0v) is 16.9. The van der Waals surface area contributed by atoms with E-state index in [0.29, 0.717) is 5.02 Å². The third-order valence-electron chi connectivity index (χ3n) is 5.59. The monoisotopic (exact) mass is 399 g/mol. The molecule has 6 heteroatoms. The normalized spacial score (nSPS) is 18.4. The second-order valence-corrected chi connectivity index (χ2v) is 7.96. The van der Waals surface area contributed by atoms with Crippen LogP contribution in [0, 0.1) is 0 Å². The molecule has 0 radical (unpaired) electrons. The highest BCUT2D eigenvalue weighted by molar-refractivity contribution is 6.30. The molecule has 0 spiro atoms. The fraction of sp³-hybridized carbons (Fsp3) is 0.409. The Morgan fingerprint density at radius 2 is 2.00 bits per heavy atom. The summed E-state index contributed by atoms with van der Waals surface area (Å²) >= 11 is 6.00. The highest BCUT2D eigenvalue weighted by Gasteiger charge is 2.26. The molecule has 1 atom stereocenters. The van der Waals surface area contributed by atoms with Crippen LogP contribution < -0.4 is 10.1 Å². The van der Waals surface area contributed by atoms with E-state index in [1.807, 2.05) is 19.1 Å². The van der Waals surface area contributed by atoms with E-state index in [2.05, 4.69) is 33.3 Å². The number of nitrogens with zero attached hydrogens (tertiary/aromatic N) is 2. The first kappa shape index (κ1) is 19.2. The summed E-state index contributed by atoms with van der Waals surface area (Å²) in [7, 11) is 0. The lowest BCUT2D eigenvalue weighted by molar-refractivity contribution is -0.121. The fourth-order valence-electron chi connectivity index (χ4n) is 3.88. The maximum absolute atomic E-state index is 12.6. The first-order valence-corrected chi connectivity index (χ1v) is 10.2. The second kappa shape index (κ2) is 8.52. The third-order valence-corrected chi connectivity index (χ3v) is 5.82. The van der Waals surface area contributed by atoms with E-state index in [0.717, 1.165) is 57.2 Å². The van der Waals surface area contributed by atoms with Crippen molar-refractivity contribution in [2.45, 2.75) is 25.9 Å². The van der Waals surface area contributed by atoms with Gasteiger partial charge in [-0.25, -0.2) is 0 Å². The fourth-order valence-corrected chi connectivity index (χ4v) is 4.07. The number of halogens is 1. The van der Waals surface area contributed by atoms with Gasteiger partial charge in [0.05, 0.1) is 12.6 Å². The summed E-state index contributed by atoms with van der Waals surface area (Å²) in [6.07, 6.45) is 1.01. The van der Waals surface area contributed by atoms with Crippen LogP contribution in [0.25, 0.3) is 0 Å². The minimum absolute atomic E-state index is 0.00865. The van der Waals surface area contributed by atoms with Gasteiger partial charge in [0.25, 0.3) is 0 Å². The lowest BCUT2D eigenvalue weighted by atomic mass is 10.1. The van der Waals surface area contributed by atoms with Crippen molar-refractivity contribution < 1.29 is 9.53 Å². The number of piperazine rings is 1. The number of hydrogen-bond acceptors (Lipinski definition) is 4. The summed E-state index contributed by atoms with van der Waals surface area (Å²) in [5.74, 6) is 1.04. The summed E-state index contributed by atoms with van der Waals surface area (Å²) in [5.41, 5.74) is 3.40. The Bertz CT molecular complexity index is 849. The van der Waals surface area contributed by atoms with Crippen LogP contribution >= 0.6 is 11.6 Å². The van der Waals surface area contributed by atoms with Crippen molar-refractivity contribution in [2.75, 3.05) is 38.1 Å². The first-order valence-electron chi connectivity index (χ1n) is 9.86. The van der Waals surface area contributed by atoms with Crippen molar-refractivity contribution in [3.8, 4) is 5.75 Å². The Hall–Kier alpha value is -2.08. The van der Waals surface area contributed by atoms with Crippen LogP contribution in [0.3, 0.4) is 0 Å². The zero-order valence-electron chi connectivity index (χ0n) is 16.2. The Kier molecular flexibility index (Phi) is 5.85. The maximum Gasteiger partial charge on any atom is 0.241 e. The maximum atomic E-state index is 12.6. The molecule has 0 aliphatic carbocycles. The van der Waals surface area contributed by atoms with Gasteiger partial charge in [-0.3, -0.25) is 14.6 Å². The van der Waals surface area contributed by atoms with Gasteiger partial charge in [-0.1, -0.05) is 29.8 Å². The van der Waals surface area contributed by atoms with Crippen molar-refractivity contribution >= 4 is 23.2 Å². The van der Waals surface area contributed by atoms with E-state index in [1.54, 1.807) is 12.1 Å². The summed E-state index contributed by atoms with van der Waals surface area (Å²) in [5, 5.41) is 3.59. The van der Waals surface area contributed by atoms with Crippen LogP contribution in [0.1, 0.15) is 18.1 Å². The van der Waals surface area contributed by atoms with Gasteiger partial charge in [0.2, 0.25) is 5.91 Å². The quantitative estimate of drug-likeness (QED) is 0.836. The minimum Gasteiger partial charge on any atom is -0.493 e. The molecule has 1 fully saturated rings. The molecule has 2 aliphatic heterocycles. The van der Waals surface area contributed by atoms with E-state index in [1.165, 1.54) is 11.1 Å². The predicted octanol–water partition coefficient (Wildman–Crippen LogP) is 3.42. The van der Waals surface area contributed by atoms with Crippen LogP contribution in [0.15, 0.2) is 42.5 Å². The summed E-state index contributed by atoms with van der Waals surface area (Å²) in [6, 6.07) is 13.6. The number of carbonyl (C=O) groups excluding carboxylic acids is 1. The van der Waals surface area contributed by atoms with Gasteiger partial charge in [0, 0.05) is 49.9 Å². The van der Waals surface area contributed by atoms with E-state index < -0.39 is 0 Å². The summed E-state index contributed by atoms with van der Waals surface area (Å²) < 4.78 is 5.59. The lowest BCUT2D eigenvalue weighted by Gasteiger charge is -2.37. The number of fused-ring (bicyclic) bond motifs is 1. The number of amides is 1. The standard InChI is InChI=1S/C22H26ClN3O2/c1-16(22(27)24-20-4-2-3-19(23)14-20)26-10-8-25(9-11-26)15-17-5-6-21-18(13-17)7-12-28-21/h2-6,13-14,16H,7-12,15H2,1H3,(H,24,27)/t16-/m0/s1. The Morgan fingerprint density at radius 1 is 1.18 bits per heavy atom. The van der Waals surface area contributed by atoms with Gasteiger partial charge in [0.15, 0.2) is 0 Å². The van der Waals surface area contributed by atoms with Crippen molar-refractivity contribution in [1.82, 2.24) is 9.80 Å². The first-order chi connectivity index (χ1) is 13.6. The van der Waals surface area contributed by atoms with E-state index in [9.17, 15) is 4.79 Å². The molecular formula is C22H26ClN3O2. The van der Waals surface area contributed by atoms with Crippen molar-refractivity contribution in [1.29, 1.82) is 0 Å². The predicted molar refractivity (Wildman–Crippen MR) is 112 cm³/mol. The molecule has 2 heterocycles. The molecule has 2 aliphatic rings. The molecular weight excluding hydrogens is 374 g/mol. The van der Waals surface area contributed by atoms with Crippen LogP contribution in [0.2, 0.25) is 5.02 Å². The number of hydrogen-bond donors (Lipinski definition) is 1. The van der Waals surface area contributed by atoms with Crippen molar-refractivity contribution in [2.24, 2.45) is 0 Å². The number of nitrogens with one attached hydrogen (secondary N) is 1. The van der Waals surface area contributed by atoms with Crippen molar-refractivity contribution in [3.05, 3.63) is 58.6 Å². The van der Waals surface area contributed by atoms with Gasteiger partial charge in [0.1, 0.15) is 5.75 Å². The average molecular weight is 400 g/mol. The third kappa shape index (κ3) is 4.49. The molecule has 28 heavy (non-hydrogen) atoms. The molecule has 0 aromatic heterocycles. The number of benzene rings is 2. The van der Waals surface area contributed by atoms with Crippen molar-refractivity contribution in [3.63, 3.8) is 0 Å². The van der Waals surface area contributed by atoms with Gasteiger partial charge >= 0.3 is 0 Å². The van der Waals surface area contributed by atoms with Gasteiger partial charge < -0.3 is 10.1 Å². The molecule has 148 valence electrons. The Labute approximate surface area is 171 Å². The summed E-state index contributed by atoms with van der Waals surface area (Å²) in [6.45, 7) is 7.41. The Morgan fingerprint density at radius 3 is 2.79 bits per heavy atom. The van der Waals surface area contributed by atoms with E-state index in [4.69, 9.17) is 16.3 Å². The van der Waals surface area contributed by atoms with Crippen LogP contribution in [0.4, 0.5) is 5.69 Å². The SMILES string of the molecule is C[C@@H](C(=O)Nc1cccc(Cl)c1)N1CCN(Cc2ccc3c(c2)CCO3)CC1. The van der Waals surface area contributed by atoms with Crippen LogP contribution in [-0.2, 0) is 17.8 Å². The second-order valence-electron chi connectivity index (χ2n) is 7.53. The molecule has 2 aromatic rings. The zero-order chi connectivity index (χ0) is 19.5. The van der Waals surface area contributed by atoms with E-state index >= 15 is 0 Å². The molecule has 2 aromatic carbocycles. The number of carbonyl (C=O) groups is 1. The molecule has 5 nitrogen and oxygen atoms in total. The largest absolute Gasteiger partial charge is 0.493 e. The number of rotatable bonds is 5. The van der Waals surface area contributed by atoms with Crippen LogP contribution in [0.5, 0.6) is 5.75 Å². The average Bonchev–Trinajstić information content (AvgIpc) is 3.16. The number of ether oxygens (including phenoxy) is 1. The van der Waals surface area contributed by atoms with Crippen LogP contribution in [-0.4, -0.2) is 54.5 Å². The smallest absolute Gasteiger partial charge is 0.241 e. The molecule has 1 N–H and O–H groups in total. The lowest BCUT2D eigenvalue weighted by Crippen LogP contribution is -2.52. The summed E-state index contributed by atoms with van der Waals surface area (Å²) in [4.78, 5) is 17.3. The molecule has 4 rings (SSSR count). The molecule has 0 unspecified atom stereocenters. The number of anilines is 1. The topological polar surface area (TPSA) is 44.8 Å². The molecule has 1 amide bonds. The van der Waals surface area contributed by atoms with Gasteiger partial charge in [-0.05, 0) is 42.3 Å². The Balaban J connectivity index is 1.28. The highest BCUT2D eigenvalue weighted by Crippen LogP contribution is 2.26. The van der Waals surface area contributed by atoms with Gasteiger partial charge in [-0.15, -0.1) is 0 Å². The molecule has 0 saturated carbocycles. The minimum atomic E-state index is -0.168. The highest BCUT2D eigenvalue weighted by atomic mass is 35.5. The van der Waals surface area contributed by atoms with Gasteiger partial charge in [-0.2, -0.15) is 0 Å². The molecule has 0 bridgehead atoms. The molecule has 1 saturated heterocycles. The van der Waals surface area contributed by atoms with E-state index in [-0.39, 0.29) is 11.9 Å².